The Kier molecular flexibility index (Phi) is 7.04. The number of nitrogens with one attached hydrogen (secondary N) is 1. The van der Waals surface area contributed by atoms with Gasteiger partial charge >= 0.3 is 5.97 Å². The van der Waals surface area contributed by atoms with E-state index in [1.807, 2.05) is 69.3 Å². The van der Waals surface area contributed by atoms with Gasteiger partial charge in [0.25, 0.3) is 0 Å². The maximum absolute atomic E-state index is 13.3. The second-order valence-corrected chi connectivity index (χ2v) is 7.68. The lowest BCUT2D eigenvalue weighted by Crippen LogP contribution is -2.43. The number of piperidine rings is 1. The van der Waals surface area contributed by atoms with Crippen molar-refractivity contribution in [2.45, 2.75) is 39.7 Å². The van der Waals surface area contributed by atoms with Crippen molar-refractivity contribution in [1.29, 1.82) is 0 Å². The first-order valence-electron chi connectivity index (χ1n) is 10.3. The van der Waals surface area contributed by atoms with Crippen LogP contribution in [-0.2, 0) is 14.3 Å². The van der Waals surface area contributed by atoms with E-state index in [9.17, 15) is 9.59 Å². The summed E-state index contributed by atoms with van der Waals surface area (Å²) in [6.07, 6.45) is 1.41. The fraction of sp³-hybridized carbons (Fsp3) is 0.417. The molecule has 1 atom stereocenters. The lowest BCUT2D eigenvalue weighted by Gasteiger charge is -2.36. The van der Waals surface area contributed by atoms with Gasteiger partial charge < -0.3 is 10.1 Å². The number of esters is 1. The smallest absolute Gasteiger partial charge is 0.309 e. The van der Waals surface area contributed by atoms with Gasteiger partial charge in [0.05, 0.1) is 12.5 Å². The second-order valence-electron chi connectivity index (χ2n) is 7.68. The van der Waals surface area contributed by atoms with Crippen LogP contribution < -0.4 is 5.32 Å². The van der Waals surface area contributed by atoms with Crippen molar-refractivity contribution in [2.75, 3.05) is 25.0 Å². The molecule has 1 fully saturated rings. The lowest BCUT2D eigenvalue weighted by molar-refractivity contribution is -0.149. The van der Waals surface area contributed by atoms with Crippen molar-refractivity contribution in [2.24, 2.45) is 5.92 Å². The highest BCUT2D eigenvalue weighted by Crippen LogP contribution is 2.29. The first-order chi connectivity index (χ1) is 14.0. The number of hydrogen-bond donors (Lipinski definition) is 1. The van der Waals surface area contributed by atoms with E-state index in [0.29, 0.717) is 32.5 Å². The molecule has 29 heavy (non-hydrogen) atoms. The molecular weight excluding hydrogens is 364 g/mol. The minimum atomic E-state index is -0.390. The zero-order chi connectivity index (χ0) is 20.8. The third-order valence-electron chi connectivity index (χ3n) is 5.53. The molecule has 2 aromatic rings. The van der Waals surface area contributed by atoms with Crippen molar-refractivity contribution in [3.8, 4) is 0 Å². The number of anilines is 1. The van der Waals surface area contributed by atoms with Crippen LogP contribution in [0.15, 0.2) is 48.5 Å². The number of likely N-dealkylation sites (tertiary alicyclic amines) is 1. The zero-order valence-electron chi connectivity index (χ0n) is 17.5. The number of nitrogens with zero attached hydrogens (tertiary/aromatic N) is 1. The molecular formula is C24H30N2O3. The SMILES string of the molecule is CCOC(=O)C1CCN(C(C(=O)Nc2cc(C)ccc2C)c2ccccc2)CC1. The molecule has 2 aromatic carbocycles. The van der Waals surface area contributed by atoms with Crippen LogP contribution in [0, 0.1) is 19.8 Å². The summed E-state index contributed by atoms with van der Waals surface area (Å²) in [7, 11) is 0. The van der Waals surface area contributed by atoms with E-state index in [0.717, 1.165) is 22.4 Å². The van der Waals surface area contributed by atoms with E-state index in [1.165, 1.54) is 0 Å². The molecule has 0 bridgehead atoms. The fourth-order valence-electron chi connectivity index (χ4n) is 3.89. The van der Waals surface area contributed by atoms with Gasteiger partial charge in [0.1, 0.15) is 6.04 Å². The first-order valence-corrected chi connectivity index (χ1v) is 10.3. The minimum Gasteiger partial charge on any atom is -0.466 e. The number of amides is 1. The Morgan fingerprint density at radius 3 is 2.45 bits per heavy atom. The van der Waals surface area contributed by atoms with E-state index < -0.39 is 0 Å². The molecule has 0 radical (unpaired) electrons. The summed E-state index contributed by atoms with van der Waals surface area (Å²) in [6, 6.07) is 15.5. The van der Waals surface area contributed by atoms with E-state index in [-0.39, 0.29) is 23.8 Å². The number of aryl methyl sites for hydroxylation is 2. The normalized spacial score (nSPS) is 16.2. The van der Waals surface area contributed by atoms with Crippen LogP contribution >= 0.6 is 0 Å². The number of carbonyl (C=O) groups is 2. The lowest BCUT2D eigenvalue weighted by atomic mass is 9.94. The molecule has 1 aliphatic rings. The van der Waals surface area contributed by atoms with E-state index in [4.69, 9.17) is 4.74 Å². The molecule has 154 valence electrons. The average molecular weight is 395 g/mol. The second kappa shape index (κ2) is 9.70. The van der Waals surface area contributed by atoms with Crippen molar-refractivity contribution < 1.29 is 14.3 Å². The van der Waals surface area contributed by atoms with Crippen LogP contribution in [0.2, 0.25) is 0 Å². The Hall–Kier alpha value is -2.66. The van der Waals surface area contributed by atoms with Gasteiger partial charge in [-0.3, -0.25) is 14.5 Å². The molecule has 3 rings (SSSR count). The van der Waals surface area contributed by atoms with E-state index in [1.54, 1.807) is 0 Å². The van der Waals surface area contributed by atoms with Gasteiger partial charge in [0.15, 0.2) is 0 Å². The number of hydrogen-bond acceptors (Lipinski definition) is 4. The summed E-state index contributed by atoms with van der Waals surface area (Å²) in [6.45, 7) is 7.62. The molecule has 0 spiro atoms. The maximum Gasteiger partial charge on any atom is 0.309 e. The maximum atomic E-state index is 13.3. The Labute approximate surface area is 173 Å². The van der Waals surface area contributed by atoms with Gasteiger partial charge in [-0.25, -0.2) is 0 Å². The molecule has 5 nitrogen and oxygen atoms in total. The highest BCUT2D eigenvalue weighted by Gasteiger charge is 2.33. The third kappa shape index (κ3) is 5.24. The molecule has 1 aliphatic heterocycles. The summed E-state index contributed by atoms with van der Waals surface area (Å²) in [4.78, 5) is 27.6. The number of carbonyl (C=O) groups excluding carboxylic acids is 2. The molecule has 1 amide bonds. The highest BCUT2D eigenvalue weighted by molar-refractivity contribution is 5.96. The van der Waals surface area contributed by atoms with Gasteiger partial charge in [-0.05, 0) is 56.4 Å². The molecule has 0 aliphatic carbocycles. The highest BCUT2D eigenvalue weighted by atomic mass is 16.5. The van der Waals surface area contributed by atoms with E-state index in [2.05, 4.69) is 10.2 Å². The van der Waals surface area contributed by atoms with Crippen molar-refractivity contribution >= 4 is 17.6 Å². The van der Waals surface area contributed by atoms with E-state index >= 15 is 0 Å². The summed E-state index contributed by atoms with van der Waals surface area (Å²) < 4.78 is 5.18. The summed E-state index contributed by atoms with van der Waals surface area (Å²) in [5.41, 5.74) is 3.96. The monoisotopic (exact) mass is 394 g/mol. The molecule has 1 unspecified atom stereocenters. The van der Waals surface area contributed by atoms with Gasteiger partial charge in [0, 0.05) is 18.8 Å². The number of rotatable bonds is 6. The molecule has 1 heterocycles. The van der Waals surface area contributed by atoms with Crippen LogP contribution in [0.3, 0.4) is 0 Å². The predicted octanol–water partition coefficient (Wildman–Crippen LogP) is 4.26. The average Bonchev–Trinajstić information content (AvgIpc) is 2.72. The fourth-order valence-corrected chi connectivity index (χ4v) is 3.89. The Bertz CT molecular complexity index is 842. The van der Waals surface area contributed by atoms with Crippen molar-refractivity contribution in [1.82, 2.24) is 4.90 Å². The topological polar surface area (TPSA) is 58.6 Å². The van der Waals surface area contributed by atoms with Crippen LogP contribution in [-0.4, -0.2) is 36.5 Å². The van der Waals surface area contributed by atoms with Gasteiger partial charge in [-0.15, -0.1) is 0 Å². The first kappa shape index (κ1) is 21.1. The van der Waals surface area contributed by atoms with Crippen LogP contribution in [0.25, 0.3) is 0 Å². The number of ether oxygens (including phenoxy) is 1. The van der Waals surface area contributed by atoms with Crippen molar-refractivity contribution in [3.05, 3.63) is 65.2 Å². The van der Waals surface area contributed by atoms with Gasteiger partial charge in [0.2, 0.25) is 5.91 Å². The largest absolute Gasteiger partial charge is 0.466 e. The predicted molar refractivity (Wildman–Crippen MR) is 115 cm³/mol. The molecule has 5 heteroatoms. The summed E-state index contributed by atoms with van der Waals surface area (Å²) in [5, 5.41) is 3.13. The Morgan fingerprint density at radius 2 is 1.79 bits per heavy atom. The van der Waals surface area contributed by atoms with Crippen molar-refractivity contribution in [3.63, 3.8) is 0 Å². The Balaban J connectivity index is 1.78. The minimum absolute atomic E-state index is 0.0421. The summed E-state index contributed by atoms with van der Waals surface area (Å²) >= 11 is 0. The standard InChI is InChI=1S/C24H30N2O3/c1-4-29-24(28)20-12-14-26(15-13-20)22(19-8-6-5-7-9-19)23(27)25-21-16-17(2)10-11-18(21)3/h5-11,16,20,22H,4,12-15H2,1-3H3,(H,25,27). The van der Waals surface area contributed by atoms with Crippen LogP contribution in [0.1, 0.15) is 42.5 Å². The zero-order valence-corrected chi connectivity index (χ0v) is 17.5. The third-order valence-corrected chi connectivity index (χ3v) is 5.53. The number of benzene rings is 2. The van der Waals surface area contributed by atoms with Crippen LogP contribution in [0.5, 0.6) is 0 Å². The van der Waals surface area contributed by atoms with Crippen LogP contribution in [0.4, 0.5) is 5.69 Å². The molecule has 0 saturated carbocycles. The quantitative estimate of drug-likeness (QED) is 0.744. The van der Waals surface area contributed by atoms with Gasteiger partial charge in [-0.2, -0.15) is 0 Å². The molecule has 0 aromatic heterocycles. The summed E-state index contributed by atoms with van der Waals surface area (Å²) in [5.74, 6) is -0.243. The Morgan fingerprint density at radius 1 is 1.10 bits per heavy atom. The molecule has 1 saturated heterocycles. The van der Waals surface area contributed by atoms with Gasteiger partial charge in [-0.1, -0.05) is 42.5 Å². The molecule has 1 N–H and O–H groups in total.